The van der Waals surface area contributed by atoms with Crippen LogP contribution in [0.1, 0.15) is 66.5 Å². The highest BCUT2D eigenvalue weighted by molar-refractivity contribution is 7.94. The van der Waals surface area contributed by atoms with Crippen LogP contribution < -0.4 is 0 Å². The zero-order valence-corrected chi connectivity index (χ0v) is 41.2. The van der Waals surface area contributed by atoms with E-state index in [9.17, 15) is 35.0 Å². The van der Waals surface area contributed by atoms with E-state index in [1.807, 2.05) is 0 Å². The lowest BCUT2D eigenvalue weighted by Gasteiger charge is -2.18. The van der Waals surface area contributed by atoms with Gasteiger partial charge in [-0.25, -0.2) is 0 Å². The summed E-state index contributed by atoms with van der Waals surface area (Å²) in [4.78, 5) is 1.94. The van der Waals surface area contributed by atoms with Crippen molar-refractivity contribution in [1.82, 2.24) is 30.0 Å². The molecule has 68 heavy (non-hydrogen) atoms. The minimum Gasteiger partial charge on any atom is -0.581 e. The predicted octanol–water partition coefficient (Wildman–Crippen LogP) is 8.95. The SMILES string of the molecule is CC(C)O[S+](=O)([O-])c1ccc2c(ccc3nn(-c4ccc(/C=C/c5ccc(-n6nc7ccc8cc([S+](=O)([O-])OC(C)C)ccc8c7n6)cc5[S+](=O)([O-])OC(C)C)c([S+](=O)([O-])OC(C)C)c4)nc32)c1. The van der Waals surface area contributed by atoms with Gasteiger partial charge in [0.05, 0.1) is 11.4 Å². The maximum absolute atomic E-state index is 13.9. The van der Waals surface area contributed by atoms with Crippen molar-refractivity contribution in [3.05, 3.63) is 108 Å². The molecule has 6 aromatic carbocycles. The molecule has 0 aliphatic rings. The van der Waals surface area contributed by atoms with Crippen LogP contribution in [-0.2, 0) is 75.5 Å². The molecule has 22 heteroatoms. The number of nitrogens with zero attached hydrogens (tertiary/aromatic N) is 6. The van der Waals surface area contributed by atoms with Crippen LogP contribution in [0.4, 0.5) is 0 Å². The Bertz CT molecular complexity index is 3270. The van der Waals surface area contributed by atoms with Crippen LogP contribution in [0.15, 0.2) is 117 Å². The quantitative estimate of drug-likeness (QED) is 0.0646. The predicted molar refractivity (Wildman–Crippen MR) is 255 cm³/mol. The van der Waals surface area contributed by atoms with Gasteiger partial charge in [-0.15, -0.1) is 20.4 Å². The van der Waals surface area contributed by atoms with Gasteiger partial charge in [0.15, 0.2) is 19.6 Å². The summed E-state index contributed by atoms with van der Waals surface area (Å²) in [6.07, 6.45) is 0.287. The summed E-state index contributed by atoms with van der Waals surface area (Å²) in [5.74, 6) is 0. The molecule has 4 atom stereocenters. The summed E-state index contributed by atoms with van der Waals surface area (Å²) in [5.41, 5.74) is 2.53. The third-order valence-corrected chi connectivity index (χ3v) is 16.0. The first kappa shape index (κ1) is 49.1. The number of hydrogen-bond donors (Lipinski definition) is 0. The lowest BCUT2D eigenvalue weighted by molar-refractivity contribution is 0.215. The molecule has 356 valence electrons. The molecule has 2 heterocycles. The molecule has 0 bridgehead atoms. The second kappa shape index (κ2) is 18.5. The van der Waals surface area contributed by atoms with Gasteiger partial charge in [0.25, 0.3) is 0 Å². The number of benzene rings is 6. The van der Waals surface area contributed by atoms with Gasteiger partial charge in [0, 0.05) is 46.2 Å². The van der Waals surface area contributed by atoms with Crippen LogP contribution in [0.3, 0.4) is 0 Å². The number of aromatic nitrogens is 6. The Balaban J connectivity index is 1.17. The van der Waals surface area contributed by atoms with Crippen molar-refractivity contribution in [1.29, 1.82) is 0 Å². The Morgan fingerprint density at radius 1 is 0.441 bits per heavy atom. The summed E-state index contributed by atoms with van der Waals surface area (Å²) in [7, 11) is -16.9. The molecular weight excluding hydrogens is 957 g/mol. The molecule has 2 aromatic heterocycles. The van der Waals surface area contributed by atoms with Gasteiger partial charge < -0.3 is 18.2 Å². The summed E-state index contributed by atoms with van der Waals surface area (Å²) in [5, 5.41) is 20.8. The Labute approximate surface area is 396 Å². The Kier molecular flexibility index (Phi) is 13.4. The lowest BCUT2D eigenvalue weighted by atomic mass is 10.1. The average molecular weight is 1000 g/mol. The van der Waals surface area contributed by atoms with Crippen molar-refractivity contribution in [2.45, 2.75) is 99.4 Å². The molecule has 0 spiro atoms. The molecule has 18 nitrogen and oxygen atoms in total. The summed E-state index contributed by atoms with van der Waals surface area (Å²) in [6, 6.07) is 24.6. The van der Waals surface area contributed by atoms with Gasteiger partial charge in [0.2, 0.25) is 42.0 Å². The van der Waals surface area contributed by atoms with Crippen LogP contribution in [0.2, 0.25) is 0 Å². The molecule has 8 aromatic rings. The van der Waals surface area contributed by atoms with Crippen molar-refractivity contribution in [2.75, 3.05) is 0 Å². The Morgan fingerprint density at radius 2 is 0.794 bits per heavy atom. The summed E-state index contributed by atoms with van der Waals surface area (Å²) in [6.45, 7) is 12.7. The van der Waals surface area contributed by atoms with Crippen LogP contribution in [0, 0.1) is 0 Å². The standard InChI is InChI=1S/C46H46N6O12S4/c1-27(2)61-65(53,54)37-17-19-39-33(23-37)13-21-41-45(39)49-51(47-41)35-15-11-31(43(25-35)67(57,58)63-29(5)6)9-10-32-12-16-36(26-44(32)68(59,60)64-30(7)8)52-48-42-22-14-34-24-38(66(55,56)62-28(3)4)18-20-40(34)46(42)50-52/h9-30H,1-8H3/b10-9+. The normalized spacial score (nSPS) is 16.2. The van der Waals surface area contributed by atoms with Crippen LogP contribution in [0.5, 0.6) is 0 Å². The van der Waals surface area contributed by atoms with Gasteiger partial charge in [-0.1, -0.05) is 29.0 Å². The molecule has 8 rings (SSSR count). The van der Waals surface area contributed by atoms with E-state index in [1.165, 1.54) is 70.3 Å². The molecule has 0 fully saturated rings. The fourth-order valence-electron chi connectivity index (χ4n) is 7.32. The van der Waals surface area contributed by atoms with E-state index < -0.39 is 66.4 Å². The molecule has 0 amide bonds. The van der Waals surface area contributed by atoms with Crippen LogP contribution in [-0.4, -0.2) is 72.6 Å². The van der Waals surface area contributed by atoms with Gasteiger partial charge in [-0.2, -0.15) is 26.3 Å². The van der Waals surface area contributed by atoms with Gasteiger partial charge in [-0.05, 0) is 139 Å². The number of hydrogen-bond acceptors (Lipinski definition) is 16. The minimum atomic E-state index is -4.45. The summed E-state index contributed by atoms with van der Waals surface area (Å²) < 4.78 is 128. The van der Waals surface area contributed by atoms with E-state index in [4.69, 9.17) is 16.7 Å². The molecule has 0 N–H and O–H groups in total. The Morgan fingerprint density at radius 3 is 1.15 bits per heavy atom. The topological polar surface area (TPSA) is 259 Å². The highest BCUT2D eigenvalue weighted by atomic mass is 32.3. The maximum Gasteiger partial charge on any atom is 0.224 e. The first-order valence-electron chi connectivity index (χ1n) is 21.2. The van der Waals surface area contributed by atoms with Crippen molar-refractivity contribution in [3.8, 4) is 11.4 Å². The van der Waals surface area contributed by atoms with Crippen molar-refractivity contribution in [2.24, 2.45) is 0 Å². The fourth-order valence-corrected chi connectivity index (χ4v) is 12.2. The highest BCUT2D eigenvalue weighted by Crippen LogP contribution is 2.34. The third kappa shape index (κ3) is 10.2. The van der Waals surface area contributed by atoms with Gasteiger partial charge in [0.1, 0.15) is 46.5 Å². The van der Waals surface area contributed by atoms with E-state index in [-0.39, 0.29) is 42.1 Å². The van der Waals surface area contributed by atoms with E-state index >= 15 is 0 Å². The monoisotopic (exact) mass is 1000 g/mol. The number of fused-ring (bicyclic) bond motifs is 6. The van der Waals surface area contributed by atoms with Crippen LogP contribution >= 0.6 is 0 Å². The minimum absolute atomic E-state index is 0.0221. The van der Waals surface area contributed by atoms with Gasteiger partial charge >= 0.3 is 0 Å². The maximum atomic E-state index is 13.9. The number of rotatable bonds is 16. The van der Waals surface area contributed by atoms with Gasteiger partial charge in [-0.3, -0.25) is 0 Å². The lowest BCUT2D eigenvalue weighted by Crippen LogP contribution is -2.21. The van der Waals surface area contributed by atoms with Crippen molar-refractivity contribution < 1.29 is 51.8 Å². The second-order valence-corrected chi connectivity index (χ2v) is 23.0. The summed E-state index contributed by atoms with van der Waals surface area (Å²) >= 11 is 0. The molecular formula is C46H46N6O12S4. The molecule has 0 saturated carbocycles. The molecule has 0 radical (unpaired) electrons. The first-order chi connectivity index (χ1) is 31.9. The highest BCUT2D eigenvalue weighted by Gasteiger charge is 2.31. The van der Waals surface area contributed by atoms with E-state index in [0.717, 1.165) is 0 Å². The average Bonchev–Trinajstić information content (AvgIpc) is 3.89. The molecule has 0 aliphatic carbocycles. The van der Waals surface area contributed by atoms with E-state index in [2.05, 4.69) is 20.4 Å². The van der Waals surface area contributed by atoms with Crippen molar-refractivity contribution in [3.63, 3.8) is 0 Å². The van der Waals surface area contributed by atoms with E-state index in [0.29, 0.717) is 43.6 Å². The Hall–Kier alpha value is -5.34. The third-order valence-electron chi connectivity index (χ3n) is 9.97. The molecule has 4 unspecified atom stereocenters. The molecule has 0 aliphatic heterocycles. The fraction of sp³-hybridized carbons (Fsp3) is 0.261. The second-order valence-electron chi connectivity index (χ2n) is 16.8. The van der Waals surface area contributed by atoms with E-state index in [1.54, 1.807) is 104 Å². The molecule has 0 saturated heterocycles. The zero-order chi connectivity index (χ0) is 49.1. The zero-order valence-electron chi connectivity index (χ0n) is 37.9. The van der Waals surface area contributed by atoms with Crippen LogP contribution in [0.25, 0.3) is 67.1 Å². The smallest absolute Gasteiger partial charge is 0.224 e. The van der Waals surface area contributed by atoms with Crippen molar-refractivity contribution >= 4 is 97.7 Å². The first-order valence-corrected chi connectivity index (χ1v) is 26.8. The largest absolute Gasteiger partial charge is 0.581 e.